The quantitative estimate of drug-likeness (QED) is 0.0521. The van der Waals surface area contributed by atoms with Crippen LogP contribution in [0.5, 0.6) is 17.2 Å². The maximum absolute atomic E-state index is 12.7. The number of carbonyl (C=O) groups excluding carboxylic acids is 3. The number of benzene rings is 3. The first-order chi connectivity index (χ1) is 25.3. The average Bonchev–Trinajstić information content (AvgIpc) is 3.11. The van der Waals surface area contributed by atoms with E-state index in [9.17, 15) is 19.5 Å². The van der Waals surface area contributed by atoms with Crippen molar-refractivity contribution in [3.05, 3.63) is 89.5 Å². The number of ether oxygens (including phenoxy) is 4. The molecule has 0 atom stereocenters. The van der Waals surface area contributed by atoms with Gasteiger partial charge in [0.05, 0.1) is 23.3 Å². The van der Waals surface area contributed by atoms with Gasteiger partial charge in [0.15, 0.2) is 0 Å². The fraction of sp³-hybridized carbons (Fsp3) is 0.533. The van der Waals surface area contributed by atoms with Crippen LogP contribution in [-0.2, 0) is 16.0 Å². The first-order valence-electron chi connectivity index (χ1n) is 19.6. The van der Waals surface area contributed by atoms with Crippen LogP contribution in [-0.4, -0.2) is 40.8 Å². The fourth-order valence-electron chi connectivity index (χ4n) is 5.95. The molecule has 8 heteroatoms. The molecule has 0 radical (unpaired) electrons. The smallest absolute Gasteiger partial charge is 0.343 e. The summed E-state index contributed by atoms with van der Waals surface area (Å²) in [6.07, 6.45) is 15.5. The predicted molar refractivity (Wildman–Crippen MR) is 210 cm³/mol. The van der Waals surface area contributed by atoms with Gasteiger partial charge in [-0.2, -0.15) is 0 Å². The summed E-state index contributed by atoms with van der Waals surface area (Å²) < 4.78 is 22.6. The lowest BCUT2D eigenvalue weighted by atomic mass is 9.99. The molecule has 0 amide bonds. The van der Waals surface area contributed by atoms with E-state index in [2.05, 4.69) is 6.92 Å². The number of hydrogen-bond acceptors (Lipinski definition) is 8. The molecule has 0 fully saturated rings. The molecule has 8 nitrogen and oxygen atoms in total. The van der Waals surface area contributed by atoms with Crippen LogP contribution in [0.25, 0.3) is 0 Å². The summed E-state index contributed by atoms with van der Waals surface area (Å²) in [6, 6.07) is 20.8. The van der Waals surface area contributed by atoms with Gasteiger partial charge in [0.2, 0.25) is 0 Å². The Balaban J connectivity index is 1.24. The third-order valence-electron chi connectivity index (χ3n) is 9.10. The normalized spacial score (nSPS) is 11.6. The van der Waals surface area contributed by atoms with E-state index in [1.165, 1.54) is 18.4 Å². The maximum atomic E-state index is 12.7. The Hall–Kier alpha value is -4.17. The SMILES string of the molecule is CCCCCc1ccc(C(=O)Oc2ccc(OC(=O)c3ccc(OCCCCCCCCC(C)(C)OC(=O)CCCCCC(C)(C)O)cc3)cc2)cc1. The van der Waals surface area contributed by atoms with Gasteiger partial charge in [-0.3, -0.25) is 4.79 Å². The second kappa shape index (κ2) is 22.8. The van der Waals surface area contributed by atoms with Crippen molar-refractivity contribution in [1.82, 2.24) is 0 Å². The van der Waals surface area contributed by atoms with Crippen LogP contribution in [0.4, 0.5) is 0 Å². The highest BCUT2D eigenvalue weighted by molar-refractivity contribution is 5.92. The number of aryl methyl sites for hydroxylation is 1. The molecule has 290 valence electrons. The second-order valence-electron chi connectivity index (χ2n) is 15.3. The molecule has 53 heavy (non-hydrogen) atoms. The van der Waals surface area contributed by atoms with Gasteiger partial charge >= 0.3 is 17.9 Å². The third kappa shape index (κ3) is 18.4. The van der Waals surface area contributed by atoms with Gasteiger partial charge in [-0.05, 0) is 139 Å². The zero-order valence-electron chi connectivity index (χ0n) is 32.8. The number of esters is 3. The van der Waals surface area contributed by atoms with Gasteiger partial charge in [0, 0.05) is 6.42 Å². The summed E-state index contributed by atoms with van der Waals surface area (Å²) in [7, 11) is 0. The molecule has 1 N–H and O–H groups in total. The highest BCUT2D eigenvalue weighted by atomic mass is 16.6. The standard InChI is InChI=1S/C45H62O8/c1-6-7-13-18-35-20-22-36(23-21-35)42(47)51-39-28-30-40(31-29-39)52-43(48)37-24-26-38(27-25-37)50-34-17-11-9-8-10-16-33-45(4,5)53-41(46)19-14-12-15-32-44(2,3)49/h20-31,49H,6-19,32-34H2,1-5H3. The molecule has 0 saturated heterocycles. The molecule has 3 aromatic carbocycles. The molecule has 0 aliphatic rings. The van der Waals surface area contributed by atoms with Crippen molar-refractivity contribution in [1.29, 1.82) is 0 Å². The van der Waals surface area contributed by atoms with Crippen LogP contribution in [0.15, 0.2) is 72.8 Å². The van der Waals surface area contributed by atoms with Crippen molar-refractivity contribution >= 4 is 17.9 Å². The molecule has 0 aromatic heterocycles. The van der Waals surface area contributed by atoms with E-state index in [1.807, 2.05) is 39.8 Å². The van der Waals surface area contributed by atoms with Gasteiger partial charge in [-0.1, -0.05) is 70.4 Å². The van der Waals surface area contributed by atoms with E-state index < -0.39 is 23.1 Å². The highest BCUT2D eigenvalue weighted by Gasteiger charge is 2.22. The first-order valence-corrected chi connectivity index (χ1v) is 19.6. The summed E-state index contributed by atoms with van der Waals surface area (Å²) >= 11 is 0. The Morgan fingerprint density at radius 1 is 0.566 bits per heavy atom. The fourth-order valence-corrected chi connectivity index (χ4v) is 5.95. The molecular formula is C45H62O8. The summed E-state index contributed by atoms with van der Waals surface area (Å²) in [5.74, 6) is 0.352. The number of carbonyl (C=O) groups is 3. The van der Waals surface area contributed by atoms with Crippen molar-refractivity contribution in [2.75, 3.05) is 6.61 Å². The van der Waals surface area contributed by atoms with Crippen LogP contribution in [0.1, 0.15) is 157 Å². The number of hydrogen-bond donors (Lipinski definition) is 1. The molecule has 3 rings (SSSR count). The zero-order valence-corrected chi connectivity index (χ0v) is 32.8. The predicted octanol–water partition coefficient (Wildman–Crippen LogP) is 11.0. The van der Waals surface area contributed by atoms with Crippen LogP contribution in [0.3, 0.4) is 0 Å². The van der Waals surface area contributed by atoms with Crippen molar-refractivity contribution in [3.8, 4) is 17.2 Å². The molecule has 0 heterocycles. The van der Waals surface area contributed by atoms with Crippen molar-refractivity contribution < 1.29 is 38.4 Å². The van der Waals surface area contributed by atoms with Gasteiger partial charge < -0.3 is 24.1 Å². The van der Waals surface area contributed by atoms with E-state index >= 15 is 0 Å². The molecule has 0 unspecified atom stereocenters. The van der Waals surface area contributed by atoms with Gasteiger partial charge in [0.25, 0.3) is 0 Å². The summed E-state index contributed by atoms with van der Waals surface area (Å²) in [6.45, 7) is 10.4. The van der Waals surface area contributed by atoms with Gasteiger partial charge in [0.1, 0.15) is 22.8 Å². The highest BCUT2D eigenvalue weighted by Crippen LogP contribution is 2.23. The Bertz CT molecular complexity index is 1500. The van der Waals surface area contributed by atoms with E-state index in [-0.39, 0.29) is 5.97 Å². The molecule has 0 spiro atoms. The lowest BCUT2D eigenvalue weighted by molar-refractivity contribution is -0.157. The largest absolute Gasteiger partial charge is 0.494 e. The minimum Gasteiger partial charge on any atom is -0.494 e. The van der Waals surface area contributed by atoms with E-state index in [1.54, 1.807) is 60.7 Å². The molecule has 0 saturated carbocycles. The number of unbranched alkanes of at least 4 members (excludes halogenated alkanes) is 9. The molecule has 0 aliphatic carbocycles. The van der Waals surface area contributed by atoms with E-state index in [4.69, 9.17) is 18.9 Å². The average molecular weight is 731 g/mol. The first kappa shape index (κ1) is 43.2. The summed E-state index contributed by atoms with van der Waals surface area (Å²) in [5.41, 5.74) is 1.00. The van der Waals surface area contributed by atoms with Crippen LogP contribution in [0.2, 0.25) is 0 Å². The van der Waals surface area contributed by atoms with Crippen molar-refractivity contribution in [2.24, 2.45) is 0 Å². The number of rotatable bonds is 25. The monoisotopic (exact) mass is 730 g/mol. The third-order valence-corrected chi connectivity index (χ3v) is 9.10. The summed E-state index contributed by atoms with van der Waals surface area (Å²) in [4.78, 5) is 37.5. The molecule has 0 bridgehead atoms. The lowest BCUT2D eigenvalue weighted by Crippen LogP contribution is -2.28. The molecule has 3 aromatic rings. The van der Waals surface area contributed by atoms with Crippen LogP contribution < -0.4 is 14.2 Å². The Morgan fingerprint density at radius 2 is 1.06 bits per heavy atom. The Morgan fingerprint density at radius 3 is 1.62 bits per heavy atom. The maximum Gasteiger partial charge on any atom is 0.343 e. The molecular weight excluding hydrogens is 668 g/mol. The van der Waals surface area contributed by atoms with Crippen molar-refractivity contribution in [3.63, 3.8) is 0 Å². The topological polar surface area (TPSA) is 108 Å². The number of aliphatic hydroxyl groups is 1. The Kier molecular flexibility index (Phi) is 18.6. The molecule has 0 aliphatic heterocycles. The van der Waals surface area contributed by atoms with Crippen LogP contribution in [0, 0.1) is 0 Å². The zero-order chi connectivity index (χ0) is 38.5. The second-order valence-corrected chi connectivity index (χ2v) is 15.3. The Labute approximate surface area is 317 Å². The van der Waals surface area contributed by atoms with Crippen molar-refractivity contribution in [2.45, 2.75) is 149 Å². The lowest BCUT2D eigenvalue weighted by Gasteiger charge is -2.25. The minimum absolute atomic E-state index is 0.133. The van der Waals surface area contributed by atoms with Crippen LogP contribution >= 0.6 is 0 Å². The summed E-state index contributed by atoms with van der Waals surface area (Å²) in [5, 5.41) is 9.79. The minimum atomic E-state index is -0.646. The van der Waals surface area contributed by atoms with E-state index in [0.29, 0.717) is 41.4 Å². The van der Waals surface area contributed by atoms with Gasteiger partial charge in [-0.15, -0.1) is 0 Å². The van der Waals surface area contributed by atoms with E-state index in [0.717, 1.165) is 83.5 Å². The van der Waals surface area contributed by atoms with Gasteiger partial charge in [-0.25, -0.2) is 9.59 Å².